The molecule has 0 unspecified atom stereocenters. The predicted octanol–water partition coefficient (Wildman–Crippen LogP) is 4.41. The van der Waals surface area contributed by atoms with E-state index in [0.717, 1.165) is 10.4 Å². The third-order valence-corrected chi connectivity index (χ3v) is 5.63. The van der Waals surface area contributed by atoms with E-state index < -0.39 is 5.97 Å². The van der Waals surface area contributed by atoms with Crippen molar-refractivity contribution in [2.24, 2.45) is 0 Å². The number of H-pyrrole nitrogens is 1. The average molecular weight is 437 g/mol. The summed E-state index contributed by atoms with van der Waals surface area (Å²) in [4.78, 5) is 33.5. The van der Waals surface area contributed by atoms with Gasteiger partial charge in [0.15, 0.2) is 11.5 Å². The number of aromatic nitrogens is 2. The Morgan fingerprint density at radius 3 is 2.69 bits per heavy atom. The second-order valence-corrected chi connectivity index (χ2v) is 8.32. The highest BCUT2D eigenvalue weighted by molar-refractivity contribution is 7.18. The van der Waals surface area contributed by atoms with E-state index in [1.165, 1.54) is 30.6 Å². The first-order chi connectivity index (χ1) is 13.7. The van der Waals surface area contributed by atoms with E-state index in [4.69, 9.17) is 25.8 Å². The van der Waals surface area contributed by atoms with Gasteiger partial charge in [0.25, 0.3) is 5.56 Å². The molecule has 0 aliphatic rings. The summed E-state index contributed by atoms with van der Waals surface area (Å²) in [6.45, 7) is 7.36. The van der Waals surface area contributed by atoms with Crippen LogP contribution in [0.4, 0.5) is 0 Å². The lowest BCUT2D eigenvalue weighted by Crippen LogP contribution is -2.14. The number of carbonyl (C=O) groups excluding carboxylic acids is 1. The van der Waals surface area contributed by atoms with Crippen LogP contribution in [0.15, 0.2) is 16.9 Å². The number of hydrogen-bond donors (Lipinski definition) is 1. The Bertz CT molecular complexity index is 1140. The van der Waals surface area contributed by atoms with Gasteiger partial charge in [-0.15, -0.1) is 11.3 Å². The molecule has 9 heteroatoms. The molecule has 2 heterocycles. The van der Waals surface area contributed by atoms with Crippen LogP contribution in [0, 0.1) is 13.8 Å². The number of aromatic amines is 1. The maximum absolute atomic E-state index is 12.5. The van der Waals surface area contributed by atoms with Crippen LogP contribution >= 0.6 is 22.9 Å². The van der Waals surface area contributed by atoms with Crippen molar-refractivity contribution in [3.05, 3.63) is 49.3 Å². The number of fused-ring (bicyclic) bond motifs is 1. The number of nitrogens with zero attached hydrogens (tertiary/aromatic N) is 1. The van der Waals surface area contributed by atoms with Crippen LogP contribution in [0.3, 0.4) is 0 Å². The number of aryl methyl sites for hydroxylation is 2. The average Bonchev–Trinajstić information content (AvgIpc) is 2.95. The third kappa shape index (κ3) is 4.38. The van der Waals surface area contributed by atoms with Crippen molar-refractivity contribution in [2.45, 2.75) is 40.4 Å². The van der Waals surface area contributed by atoms with Crippen molar-refractivity contribution < 1.29 is 19.0 Å². The van der Waals surface area contributed by atoms with Crippen LogP contribution in [0.5, 0.6) is 11.5 Å². The number of ether oxygens (including phenoxy) is 3. The molecule has 0 saturated heterocycles. The number of rotatable bonds is 6. The van der Waals surface area contributed by atoms with E-state index in [1.54, 1.807) is 0 Å². The predicted molar refractivity (Wildman–Crippen MR) is 113 cm³/mol. The fourth-order valence-corrected chi connectivity index (χ4v) is 4.08. The molecule has 29 heavy (non-hydrogen) atoms. The molecule has 7 nitrogen and oxygen atoms in total. The first-order valence-electron chi connectivity index (χ1n) is 8.91. The zero-order valence-corrected chi connectivity index (χ0v) is 18.3. The zero-order valence-electron chi connectivity index (χ0n) is 16.7. The van der Waals surface area contributed by atoms with Crippen LogP contribution < -0.4 is 15.0 Å². The van der Waals surface area contributed by atoms with Gasteiger partial charge in [-0.3, -0.25) is 4.79 Å². The molecule has 0 amide bonds. The Hall–Kier alpha value is -2.58. The number of hydrogen-bond acceptors (Lipinski definition) is 7. The van der Waals surface area contributed by atoms with Gasteiger partial charge < -0.3 is 19.2 Å². The Kier molecular flexibility index (Phi) is 6.14. The number of carbonyl (C=O) groups is 1. The van der Waals surface area contributed by atoms with E-state index in [-0.39, 0.29) is 34.7 Å². The summed E-state index contributed by atoms with van der Waals surface area (Å²) in [6, 6.07) is 2.95. The van der Waals surface area contributed by atoms with Gasteiger partial charge in [0.1, 0.15) is 17.3 Å². The van der Waals surface area contributed by atoms with Gasteiger partial charge in [-0.05, 0) is 45.4 Å². The summed E-state index contributed by atoms with van der Waals surface area (Å²) < 4.78 is 16.2. The van der Waals surface area contributed by atoms with Crippen molar-refractivity contribution in [1.82, 2.24) is 9.97 Å². The van der Waals surface area contributed by atoms with E-state index in [2.05, 4.69) is 9.97 Å². The van der Waals surface area contributed by atoms with Crippen molar-refractivity contribution >= 4 is 39.1 Å². The van der Waals surface area contributed by atoms with Gasteiger partial charge in [0, 0.05) is 4.88 Å². The lowest BCUT2D eigenvalue weighted by Gasteiger charge is -2.16. The van der Waals surface area contributed by atoms with Gasteiger partial charge in [-0.25, -0.2) is 9.78 Å². The molecule has 0 aliphatic carbocycles. The summed E-state index contributed by atoms with van der Waals surface area (Å²) in [5.41, 5.74) is 0.865. The van der Waals surface area contributed by atoms with Crippen LogP contribution in [-0.2, 0) is 11.3 Å². The fraction of sp³-hybridized carbons (Fsp3) is 0.350. The normalized spacial score (nSPS) is 11.1. The van der Waals surface area contributed by atoms with E-state index >= 15 is 0 Å². The quantitative estimate of drug-likeness (QED) is 0.575. The molecule has 0 spiro atoms. The van der Waals surface area contributed by atoms with Crippen molar-refractivity contribution in [2.75, 3.05) is 7.11 Å². The number of thiophene rings is 1. The molecule has 3 aromatic rings. The lowest BCUT2D eigenvalue weighted by molar-refractivity contribution is 0.0462. The number of methoxy groups -OCH3 is 1. The molecule has 0 bridgehead atoms. The molecule has 0 atom stereocenters. The largest absolute Gasteiger partial charge is 0.493 e. The van der Waals surface area contributed by atoms with Crippen LogP contribution in [0.25, 0.3) is 10.2 Å². The second kappa shape index (κ2) is 8.42. The van der Waals surface area contributed by atoms with Gasteiger partial charge in [-0.2, -0.15) is 0 Å². The Morgan fingerprint density at radius 2 is 2.03 bits per heavy atom. The zero-order chi connectivity index (χ0) is 21.3. The Labute approximate surface area is 176 Å². The van der Waals surface area contributed by atoms with E-state index in [1.807, 2.05) is 27.7 Å². The smallest absolute Gasteiger partial charge is 0.338 e. The van der Waals surface area contributed by atoms with Crippen LogP contribution in [0.1, 0.15) is 40.5 Å². The molecule has 0 aliphatic heterocycles. The number of nitrogens with one attached hydrogen (secondary N) is 1. The van der Waals surface area contributed by atoms with Gasteiger partial charge >= 0.3 is 5.97 Å². The van der Waals surface area contributed by atoms with E-state index in [9.17, 15) is 9.59 Å². The summed E-state index contributed by atoms with van der Waals surface area (Å²) >= 11 is 7.68. The minimum Gasteiger partial charge on any atom is -0.493 e. The van der Waals surface area contributed by atoms with Gasteiger partial charge in [0.05, 0.1) is 29.2 Å². The standard InChI is InChI=1S/C20H21ClN2O5S/c1-9(2)28-17-13(21)6-12(7-14(17)26-5)20(25)27-8-15-22-18(24)16-10(3)11(4)29-19(16)23-15/h6-7,9H,8H2,1-5H3,(H,22,23,24). The maximum atomic E-state index is 12.5. The second-order valence-electron chi connectivity index (χ2n) is 6.71. The first-order valence-corrected chi connectivity index (χ1v) is 10.1. The third-order valence-electron chi connectivity index (χ3n) is 4.25. The fourth-order valence-electron chi connectivity index (χ4n) is 2.77. The SMILES string of the molecule is COc1cc(C(=O)OCc2nc3sc(C)c(C)c3c(=O)[nH]2)cc(Cl)c1OC(C)C. The number of halogens is 1. The highest BCUT2D eigenvalue weighted by Gasteiger charge is 2.19. The summed E-state index contributed by atoms with van der Waals surface area (Å²) in [5, 5.41) is 0.808. The molecular weight excluding hydrogens is 416 g/mol. The Morgan fingerprint density at radius 1 is 1.31 bits per heavy atom. The van der Waals surface area contributed by atoms with Crippen LogP contribution in [-0.4, -0.2) is 29.2 Å². The Balaban J connectivity index is 1.81. The number of esters is 1. The minimum atomic E-state index is -0.623. The first kappa shape index (κ1) is 21.1. The highest BCUT2D eigenvalue weighted by atomic mass is 35.5. The van der Waals surface area contributed by atoms with Gasteiger partial charge in [-0.1, -0.05) is 11.6 Å². The molecule has 0 saturated carbocycles. The van der Waals surface area contributed by atoms with Crippen molar-refractivity contribution in [1.29, 1.82) is 0 Å². The molecule has 1 aromatic carbocycles. The molecule has 0 fully saturated rings. The molecule has 0 radical (unpaired) electrons. The molecule has 3 rings (SSSR count). The summed E-state index contributed by atoms with van der Waals surface area (Å²) in [6.07, 6.45) is -0.110. The van der Waals surface area contributed by atoms with Crippen molar-refractivity contribution in [3.63, 3.8) is 0 Å². The summed E-state index contributed by atoms with van der Waals surface area (Å²) in [7, 11) is 1.46. The van der Waals surface area contributed by atoms with Crippen molar-refractivity contribution in [3.8, 4) is 11.5 Å². The maximum Gasteiger partial charge on any atom is 0.338 e. The topological polar surface area (TPSA) is 90.5 Å². The number of benzene rings is 1. The van der Waals surface area contributed by atoms with Gasteiger partial charge in [0.2, 0.25) is 0 Å². The lowest BCUT2D eigenvalue weighted by atomic mass is 10.2. The minimum absolute atomic E-state index is 0.110. The van der Waals surface area contributed by atoms with E-state index in [0.29, 0.717) is 21.7 Å². The molecule has 154 valence electrons. The summed E-state index contributed by atoms with van der Waals surface area (Å²) in [5.74, 6) is 0.341. The molecule has 2 aromatic heterocycles. The molecular formula is C20H21ClN2O5S. The molecule has 1 N–H and O–H groups in total. The highest BCUT2D eigenvalue weighted by Crippen LogP contribution is 2.37. The monoisotopic (exact) mass is 436 g/mol. The van der Waals surface area contributed by atoms with Crippen LogP contribution in [0.2, 0.25) is 5.02 Å².